The highest BCUT2D eigenvalue weighted by Crippen LogP contribution is 2.28. The number of methoxy groups -OCH3 is 1. The Morgan fingerprint density at radius 3 is 2.42 bits per heavy atom. The molecule has 26 heavy (non-hydrogen) atoms. The van der Waals surface area contributed by atoms with Crippen molar-refractivity contribution in [3.8, 4) is 17.2 Å². The van der Waals surface area contributed by atoms with Crippen molar-refractivity contribution in [2.45, 2.75) is 40.3 Å². The van der Waals surface area contributed by atoms with E-state index < -0.39 is 0 Å². The van der Waals surface area contributed by atoms with Crippen molar-refractivity contribution in [1.29, 1.82) is 0 Å². The zero-order valence-corrected chi connectivity index (χ0v) is 16.1. The molecule has 140 valence electrons. The largest absolute Gasteiger partial charge is 0.493 e. The highest BCUT2D eigenvalue weighted by Gasteiger charge is 2.09. The molecule has 0 aliphatic heterocycles. The average molecular weight is 357 g/mol. The maximum atomic E-state index is 12.0. The lowest BCUT2D eigenvalue weighted by Crippen LogP contribution is -2.28. The molecule has 0 radical (unpaired) electrons. The van der Waals surface area contributed by atoms with Crippen LogP contribution < -0.4 is 19.5 Å². The predicted molar refractivity (Wildman–Crippen MR) is 102 cm³/mol. The van der Waals surface area contributed by atoms with Gasteiger partial charge in [-0.3, -0.25) is 4.79 Å². The number of benzene rings is 2. The van der Waals surface area contributed by atoms with E-state index >= 15 is 0 Å². The van der Waals surface area contributed by atoms with Crippen LogP contribution in [0.25, 0.3) is 0 Å². The van der Waals surface area contributed by atoms with Crippen molar-refractivity contribution < 1.29 is 19.0 Å². The molecule has 2 rings (SSSR count). The fourth-order valence-electron chi connectivity index (χ4n) is 2.53. The van der Waals surface area contributed by atoms with E-state index in [1.807, 2.05) is 64.1 Å². The summed E-state index contributed by atoms with van der Waals surface area (Å²) in [5, 5.41) is 2.85. The summed E-state index contributed by atoms with van der Waals surface area (Å²) in [6.45, 7) is 8.29. The summed E-state index contributed by atoms with van der Waals surface area (Å²) in [4.78, 5) is 12.0. The number of hydrogen-bond donors (Lipinski definition) is 1. The second kappa shape index (κ2) is 9.13. The van der Waals surface area contributed by atoms with Crippen molar-refractivity contribution in [2.75, 3.05) is 13.7 Å². The quantitative estimate of drug-likeness (QED) is 0.781. The molecule has 5 heteroatoms. The molecule has 0 aliphatic rings. The van der Waals surface area contributed by atoms with Crippen LogP contribution >= 0.6 is 0 Å². The Hall–Kier alpha value is -2.69. The monoisotopic (exact) mass is 357 g/mol. The summed E-state index contributed by atoms with van der Waals surface area (Å²) in [5.41, 5.74) is 3.11. The molecule has 2 aromatic rings. The van der Waals surface area contributed by atoms with E-state index in [1.54, 1.807) is 7.11 Å². The summed E-state index contributed by atoms with van der Waals surface area (Å²) in [7, 11) is 1.60. The Bertz CT molecular complexity index is 756. The molecular formula is C21H27NO4. The van der Waals surface area contributed by atoms with Crippen molar-refractivity contribution >= 4 is 5.91 Å². The van der Waals surface area contributed by atoms with Gasteiger partial charge in [0.25, 0.3) is 5.91 Å². The number of carbonyl (C=O) groups excluding carboxylic acids is 1. The van der Waals surface area contributed by atoms with Gasteiger partial charge in [0, 0.05) is 6.54 Å². The lowest BCUT2D eigenvalue weighted by molar-refractivity contribution is -0.123. The molecule has 0 fully saturated rings. The van der Waals surface area contributed by atoms with Crippen molar-refractivity contribution in [1.82, 2.24) is 5.32 Å². The van der Waals surface area contributed by atoms with Gasteiger partial charge in [0.1, 0.15) is 5.75 Å². The average Bonchev–Trinajstić information content (AvgIpc) is 2.59. The number of amides is 1. The summed E-state index contributed by atoms with van der Waals surface area (Å²) in [5.74, 6) is 1.89. The number of ether oxygens (including phenoxy) is 3. The SMILES string of the molecule is COc1cc(CNC(=O)COc2ccc(C)cc2C)ccc1OC(C)C. The maximum Gasteiger partial charge on any atom is 0.258 e. The van der Waals surface area contributed by atoms with Gasteiger partial charge in [-0.25, -0.2) is 0 Å². The third kappa shape index (κ3) is 5.69. The molecule has 1 N–H and O–H groups in total. The van der Waals surface area contributed by atoms with Crippen LogP contribution in [0.2, 0.25) is 0 Å². The van der Waals surface area contributed by atoms with Crippen LogP contribution in [-0.4, -0.2) is 25.7 Å². The van der Waals surface area contributed by atoms with E-state index in [4.69, 9.17) is 14.2 Å². The zero-order chi connectivity index (χ0) is 19.1. The Balaban J connectivity index is 1.88. The van der Waals surface area contributed by atoms with Gasteiger partial charge in [-0.05, 0) is 57.0 Å². The minimum atomic E-state index is -0.175. The Kier molecular flexibility index (Phi) is 6.89. The van der Waals surface area contributed by atoms with E-state index in [2.05, 4.69) is 5.32 Å². The van der Waals surface area contributed by atoms with Crippen LogP contribution in [0.5, 0.6) is 17.2 Å². The number of nitrogens with one attached hydrogen (secondary N) is 1. The molecule has 0 unspecified atom stereocenters. The van der Waals surface area contributed by atoms with Crippen LogP contribution in [0.4, 0.5) is 0 Å². The number of hydrogen-bond acceptors (Lipinski definition) is 4. The minimum Gasteiger partial charge on any atom is -0.493 e. The summed E-state index contributed by atoms with van der Waals surface area (Å²) in [6, 6.07) is 11.5. The molecule has 0 saturated carbocycles. The molecule has 0 heterocycles. The number of carbonyl (C=O) groups is 1. The molecule has 0 saturated heterocycles. The normalized spacial score (nSPS) is 10.5. The molecule has 1 amide bonds. The topological polar surface area (TPSA) is 56.8 Å². The first kappa shape index (κ1) is 19.6. The van der Waals surface area contributed by atoms with Gasteiger partial charge < -0.3 is 19.5 Å². The van der Waals surface area contributed by atoms with Gasteiger partial charge in [0.05, 0.1) is 13.2 Å². The van der Waals surface area contributed by atoms with Crippen LogP contribution in [0, 0.1) is 13.8 Å². The van der Waals surface area contributed by atoms with E-state index in [1.165, 1.54) is 0 Å². The Labute approximate surface area is 155 Å². The summed E-state index contributed by atoms with van der Waals surface area (Å²) in [6.07, 6.45) is 0.0665. The van der Waals surface area contributed by atoms with Gasteiger partial charge in [-0.15, -0.1) is 0 Å². The maximum absolute atomic E-state index is 12.0. The first-order valence-corrected chi connectivity index (χ1v) is 8.69. The van der Waals surface area contributed by atoms with Gasteiger partial charge in [-0.1, -0.05) is 23.8 Å². The van der Waals surface area contributed by atoms with E-state index in [-0.39, 0.29) is 18.6 Å². The van der Waals surface area contributed by atoms with E-state index in [0.29, 0.717) is 18.0 Å². The lowest BCUT2D eigenvalue weighted by Gasteiger charge is -2.15. The first-order chi connectivity index (χ1) is 12.4. The lowest BCUT2D eigenvalue weighted by atomic mass is 10.1. The van der Waals surface area contributed by atoms with Gasteiger partial charge >= 0.3 is 0 Å². The predicted octanol–water partition coefficient (Wildman–Crippen LogP) is 3.79. The fraction of sp³-hybridized carbons (Fsp3) is 0.381. The van der Waals surface area contributed by atoms with Crippen LogP contribution in [0.3, 0.4) is 0 Å². The molecule has 5 nitrogen and oxygen atoms in total. The second-order valence-corrected chi connectivity index (χ2v) is 6.49. The zero-order valence-electron chi connectivity index (χ0n) is 16.1. The smallest absolute Gasteiger partial charge is 0.258 e. The van der Waals surface area contributed by atoms with Crippen molar-refractivity contribution in [3.05, 3.63) is 53.1 Å². The molecule has 0 aliphatic carbocycles. The highest BCUT2D eigenvalue weighted by molar-refractivity contribution is 5.77. The Morgan fingerprint density at radius 1 is 1.04 bits per heavy atom. The fourth-order valence-corrected chi connectivity index (χ4v) is 2.53. The molecule has 0 aromatic heterocycles. The molecule has 0 spiro atoms. The molecular weight excluding hydrogens is 330 g/mol. The first-order valence-electron chi connectivity index (χ1n) is 8.69. The van der Waals surface area contributed by atoms with Crippen LogP contribution in [0.15, 0.2) is 36.4 Å². The standard InChI is InChI=1S/C21H27NO4/c1-14(2)26-19-9-7-17(11-20(19)24-5)12-22-21(23)13-25-18-8-6-15(3)10-16(18)4/h6-11,14H,12-13H2,1-5H3,(H,22,23). The third-order valence-corrected chi connectivity index (χ3v) is 3.77. The van der Waals surface area contributed by atoms with Gasteiger partial charge in [0.15, 0.2) is 18.1 Å². The third-order valence-electron chi connectivity index (χ3n) is 3.77. The second-order valence-electron chi connectivity index (χ2n) is 6.49. The molecule has 2 aromatic carbocycles. The van der Waals surface area contributed by atoms with Gasteiger partial charge in [-0.2, -0.15) is 0 Å². The Morgan fingerprint density at radius 2 is 1.77 bits per heavy atom. The van der Waals surface area contributed by atoms with Crippen molar-refractivity contribution in [2.24, 2.45) is 0 Å². The highest BCUT2D eigenvalue weighted by atomic mass is 16.5. The van der Waals surface area contributed by atoms with E-state index in [9.17, 15) is 4.79 Å². The van der Waals surface area contributed by atoms with Crippen LogP contribution in [-0.2, 0) is 11.3 Å². The number of rotatable bonds is 8. The van der Waals surface area contributed by atoms with E-state index in [0.717, 1.165) is 22.4 Å². The summed E-state index contributed by atoms with van der Waals surface area (Å²) >= 11 is 0. The number of aryl methyl sites for hydroxylation is 2. The van der Waals surface area contributed by atoms with Crippen molar-refractivity contribution in [3.63, 3.8) is 0 Å². The summed E-state index contributed by atoms with van der Waals surface area (Å²) < 4.78 is 16.6. The minimum absolute atomic E-state index is 0.0183. The van der Waals surface area contributed by atoms with Crippen LogP contribution in [0.1, 0.15) is 30.5 Å². The molecule has 0 atom stereocenters. The van der Waals surface area contributed by atoms with Gasteiger partial charge in [0.2, 0.25) is 0 Å². The molecule has 0 bridgehead atoms.